The monoisotopic (exact) mass is 395 g/mol. The number of hydrogen-bond donors (Lipinski definition) is 0. The Hall–Kier alpha value is -2.56. The molecule has 1 saturated carbocycles. The van der Waals surface area contributed by atoms with Crippen molar-refractivity contribution in [2.24, 2.45) is 0 Å². The zero-order chi connectivity index (χ0) is 18.4. The van der Waals surface area contributed by atoms with Gasteiger partial charge in [-0.05, 0) is 66.9 Å². The molecule has 2 heterocycles. The fourth-order valence-electron chi connectivity index (χ4n) is 3.46. The minimum atomic E-state index is -0.108. The number of rotatable bonds is 4. The van der Waals surface area contributed by atoms with Crippen molar-refractivity contribution in [3.63, 3.8) is 0 Å². The molecule has 0 spiro atoms. The van der Waals surface area contributed by atoms with Gasteiger partial charge >= 0.3 is 0 Å². The summed E-state index contributed by atoms with van der Waals surface area (Å²) in [4.78, 5) is 0. The summed E-state index contributed by atoms with van der Waals surface area (Å²) in [7, 11) is 0. The van der Waals surface area contributed by atoms with Crippen LogP contribution in [0, 0.1) is 0 Å². The third-order valence-electron chi connectivity index (χ3n) is 5.02. The van der Waals surface area contributed by atoms with Crippen molar-refractivity contribution < 1.29 is 4.74 Å². The molecule has 4 nitrogen and oxygen atoms in total. The molecular weight excluding hydrogens is 381 g/mol. The maximum atomic E-state index is 6.05. The average molecular weight is 396 g/mol. The van der Waals surface area contributed by atoms with Crippen LogP contribution in [-0.4, -0.2) is 14.6 Å². The van der Waals surface area contributed by atoms with Gasteiger partial charge < -0.3 is 4.74 Å². The standard InChI is InChI=1S/C21H15Cl2N3O/c22-15-5-3-14(4-6-15)21(11-12-21)20-25-24-19-18(2-1-13-26(19)20)27-17-9-7-16(23)8-10-17/h1-10,13H,11-12H2. The number of pyridine rings is 1. The van der Waals surface area contributed by atoms with Crippen molar-refractivity contribution in [2.45, 2.75) is 18.3 Å². The van der Waals surface area contributed by atoms with Gasteiger partial charge in [-0.2, -0.15) is 0 Å². The number of halogens is 2. The number of benzene rings is 2. The van der Waals surface area contributed by atoms with Gasteiger partial charge in [0.1, 0.15) is 11.6 Å². The summed E-state index contributed by atoms with van der Waals surface area (Å²) < 4.78 is 8.04. The summed E-state index contributed by atoms with van der Waals surface area (Å²) in [5.41, 5.74) is 1.80. The van der Waals surface area contributed by atoms with Crippen molar-refractivity contribution in [3.8, 4) is 11.5 Å². The SMILES string of the molecule is Clc1ccc(Oc2cccn3c(C4(c5ccc(Cl)cc5)CC4)nnc23)cc1. The number of ether oxygens (including phenoxy) is 1. The van der Waals surface area contributed by atoms with Gasteiger partial charge in [0, 0.05) is 16.2 Å². The van der Waals surface area contributed by atoms with Crippen LogP contribution in [0.3, 0.4) is 0 Å². The maximum Gasteiger partial charge on any atom is 0.203 e. The van der Waals surface area contributed by atoms with Crippen molar-refractivity contribution in [1.82, 2.24) is 14.6 Å². The van der Waals surface area contributed by atoms with Crippen LogP contribution in [-0.2, 0) is 5.41 Å². The predicted molar refractivity (Wildman–Crippen MR) is 106 cm³/mol. The second-order valence-corrected chi connectivity index (χ2v) is 7.61. The molecular formula is C21H15Cl2N3O. The van der Waals surface area contributed by atoms with Gasteiger partial charge in [-0.25, -0.2) is 0 Å². The number of fused-ring (bicyclic) bond motifs is 1. The van der Waals surface area contributed by atoms with Crippen molar-refractivity contribution in [1.29, 1.82) is 0 Å². The molecule has 0 bridgehead atoms. The molecule has 4 aromatic rings. The van der Waals surface area contributed by atoms with E-state index in [0.29, 0.717) is 22.2 Å². The molecule has 0 saturated heterocycles. The van der Waals surface area contributed by atoms with E-state index < -0.39 is 0 Å². The fraction of sp³-hybridized carbons (Fsp3) is 0.143. The number of hydrogen-bond acceptors (Lipinski definition) is 3. The van der Waals surface area contributed by atoms with Crippen LogP contribution >= 0.6 is 23.2 Å². The Labute approximate surface area is 166 Å². The van der Waals surface area contributed by atoms with Crippen molar-refractivity contribution >= 4 is 28.8 Å². The normalized spacial score (nSPS) is 15.0. The molecule has 0 aliphatic heterocycles. The molecule has 0 radical (unpaired) electrons. The highest BCUT2D eigenvalue weighted by Gasteiger charge is 2.49. The van der Waals surface area contributed by atoms with Gasteiger partial charge in [0.15, 0.2) is 5.75 Å². The first-order chi connectivity index (χ1) is 13.2. The highest BCUT2D eigenvalue weighted by molar-refractivity contribution is 6.30. The summed E-state index contributed by atoms with van der Waals surface area (Å²) in [5.74, 6) is 2.29. The van der Waals surface area contributed by atoms with Crippen LogP contribution in [0.25, 0.3) is 5.65 Å². The molecule has 134 valence electrons. The molecule has 0 amide bonds. The first kappa shape index (κ1) is 16.6. The Morgan fingerprint density at radius 2 is 1.52 bits per heavy atom. The Balaban J connectivity index is 1.56. The Morgan fingerprint density at radius 3 is 2.19 bits per heavy atom. The molecule has 2 aromatic heterocycles. The highest BCUT2D eigenvalue weighted by Crippen LogP contribution is 2.53. The Kier molecular flexibility index (Phi) is 3.85. The van der Waals surface area contributed by atoms with Crippen LogP contribution in [0.4, 0.5) is 0 Å². The molecule has 27 heavy (non-hydrogen) atoms. The van der Waals surface area contributed by atoms with E-state index in [-0.39, 0.29) is 5.41 Å². The molecule has 0 N–H and O–H groups in total. The van der Waals surface area contributed by atoms with E-state index >= 15 is 0 Å². The molecule has 1 aliphatic carbocycles. The molecule has 1 aliphatic rings. The van der Waals surface area contributed by atoms with Crippen LogP contribution in [0.1, 0.15) is 24.2 Å². The minimum absolute atomic E-state index is 0.108. The van der Waals surface area contributed by atoms with Gasteiger partial charge in [-0.1, -0.05) is 35.3 Å². The van der Waals surface area contributed by atoms with Crippen LogP contribution in [0.5, 0.6) is 11.5 Å². The summed E-state index contributed by atoms with van der Waals surface area (Å²) in [5, 5.41) is 10.3. The van der Waals surface area contributed by atoms with E-state index in [1.165, 1.54) is 5.56 Å². The topological polar surface area (TPSA) is 39.4 Å². The van der Waals surface area contributed by atoms with E-state index in [2.05, 4.69) is 22.3 Å². The van der Waals surface area contributed by atoms with Gasteiger partial charge in [0.2, 0.25) is 5.65 Å². The van der Waals surface area contributed by atoms with Crippen LogP contribution in [0.15, 0.2) is 66.9 Å². The minimum Gasteiger partial charge on any atom is -0.453 e. The maximum absolute atomic E-state index is 6.05. The Bertz CT molecular complexity index is 1120. The molecule has 0 atom stereocenters. The lowest BCUT2D eigenvalue weighted by Gasteiger charge is -2.14. The summed E-state index contributed by atoms with van der Waals surface area (Å²) in [6, 6.07) is 19.1. The first-order valence-corrected chi connectivity index (χ1v) is 9.45. The van der Waals surface area contributed by atoms with Crippen molar-refractivity contribution in [2.75, 3.05) is 0 Å². The summed E-state index contributed by atoms with van der Waals surface area (Å²) in [6.45, 7) is 0. The third-order valence-corrected chi connectivity index (χ3v) is 5.52. The number of nitrogens with zero attached hydrogens (tertiary/aromatic N) is 3. The zero-order valence-electron chi connectivity index (χ0n) is 14.3. The second kappa shape index (κ2) is 6.25. The predicted octanol–water partition coefficient (Wildman–Crippen LogP) is 5.91. The quantitative estimate of drug-likeness (QED) is 0.431. The smallest absolute Gasteiger partial charge is 0.203 e. The van der Waals surface area contributed by atoms with Gasteiger partial charge in [-0.3, -0.25) is 4.40 Å². The van der Waals surface area contributed by atoms with Gasteiger partial charge in [-0.15, -0.1) is 10.2 Å². The van der Waals surface area contributed by atoms with Crippen molar-refractivity contribution in [3.05, 3.63) is 88.3 Å². The third kappa shape index (κ3) is 2.85. The molecule has 5 rings (SSSR count). The summed E-state index contributed by atoms with van der Waals surface area (Å²) >= 11 is 12.0. The average Bonchev–Trinajstić information content (AvgIpc) is 3.36. The highest BCUT2D eigenvalue weighted by atomic mass is 35.5. The molecule has 1 fully saturated rings. The lowest BCUT2D eigenvalue weighted by atomic mass is 9.95. The van der Waals surface area contributed by atoms with Crippen LogP contribution in [0.2, 0.25) is 10.0 Å². The van der Waals surface area contributed by atoms with E-state index in [0.717, 1.165) is 23.7 Å². The molecule has 0 unspecified atom stereocenters. The molecule has 6 heteroatoms. The Morgan fingerprint density at radius 1 is 0.852 bits per heavy atom. The lowest BCUT2D eigenvalue weighted by molar-refractivity contribution is 0.484. The fourth-order valence-corrected chi connectivity index (χ4v) is 3.71. The number of aromatic nitrogens is 3. The second-order valence-electron chi connectivity index (χ2n) is 6.73. The van der Waals surface area contributed by atoms with E-state index in [1.54, 1.807) is 12.1 Å². The first-order valence-electron chi connectivity index (χ1n) is 8.69. The van der Waals surface area contributed by atoms with E-state index in [1.807, 2.05) is 47.0 Å². The van der Waals surface area contributed by atoms with Crippen LogP contribution < -0.4 is 4.74 Å². The van der Waals surface area contributed by atoms with Gasteiger partial charge in [0.25, 0.3) is 0 Å². The lowest BCUT2D eigenvalue weighted by Crippen LogP contribution is -2.13. The van der Waals surface area contributed by atoms with E-state index in [4.69, 9.17) is 27.9 Å². The van der Waals surface area contributed by atoms with Gasteiger partial charge in [0.05, 0.1) is 5.41 Å². The molecule has 2 aromatic carbocycles. The summed E-state index contributed by atoms with van der Waals surface area (Å²) in [6.07, 6.45) is 4.06. The zero-order valence-corrected chi connectivity index (χ0v) is 15.8. The largest absolute Gasteiger partial charge is 0.453 e. The van der Waals surface area contributed by atoms with E-state index in [9.17, 15) is 0 Å².